The van der Waals surface area contributed by atoms with Crippen LogP contribution in [-0.4, -0.2) is 0 Å². The molecule has 0 nitrogen and oxygen atoms in total. The SMILES string of the molecule is C1=c2ccccc2=c2ccccc2=CC1.CC. The number of hydrogen-bond donors (Lipinski definition) is 0. The molecule has 0 amide bonds. The molecule has 0 aliphatic heterocycles. The van der Waals surface area contributed by atoms with Crippen molar-refractivity contribution in [3.8, 4) is 0 Å². The standard InChI is InChI=1S/C15H12.C2H6/c1-3-10-14-12(6-1)8-5-9-13-7-2-4-11-15(13)14;1-2/h1-4,6-11H,5H2;1-2H3. The minimum Gasteiger partial charge on any atom is -0.0728 e. The molecule has 3 rings (SSSR count). The first-order valence-electron chi connectivity index (χ1n) is 6.30. The van der Waals surface area contributed by atoms with E-state index in [1.807, 2.05) is 13.8 Å². The molecule has 0 atom stereocenters. The second kappa shape index (κ2) is 5.49. The van der Waals surface area contributed by atoms with Gasteiger partial charge in [-0.05, 0) is 27.3 Å². The topological polar surface area (TPSA) is 0 Å². The normalized spacial score (nSPS) is 11.6. The molecule has 0 saturated heterocycles. The predicted octanol–water partition coefficient (Wildman–Crippen LogP) is 2.96. The average Bonchev–Trinajstić information content (AvgIpc) is 2.60. The van der Waals surface area contributed by atoms with Gasteiger partial charge in [-0.2, -0.15) is 0 Å². The molecule has 0 heterocycles. The molecule has 0 radical (unpaired) electrons. The van der Waals surface area contributed by atoms with E-state index in [4.69, 9.17) is 0 Å². The van der Waals surface area contributed by atoms with Crippen molar-refractivity contribution in [1.82, 2.24) is 0 Å². The Morgan fingerprint density at radius 1 is 0.647 bits per heavy atom. The Labute approximate surface area is 102 Å². The third-order valence-electron chi connectivity index (χ3n) is 2.89. The van der Waals surface area contributed by atoms with Crippen LogP contribution in [0.4, 0.5) is 0 Å². The molecule has 0 spiro atoms. The average molecular weight is 222 g/mol. The quantitative estimate of drug-likeness (QED) is 0.643. The van der Waals surface area contributed by atoms with Gasteiger partial charge in [-0.1, -0.05) is 74.5 Å². The van der Waals surface area contributed by atoms with E-state index in [0.717, 1.165) is 6.42 Å². The van der Waals surface area contributed by atoms with Gasteiger partial charge in [-0.25, -0.2) is 0 Å². The van der Waals surface area contributed by atoms with E-state index in [9.17, 15) is 0 Å². The number of rotatable bonds is 0. The summed E-state index contributed by atoms with van der Waals surface area (Å²) >= 11 is 0. The van der Waals surface area contributed by atoms with Gasteiger partial charge in [0.05, 0.1) is 0 Å². The molecular weight excluding hydrogens is 204 g/mol. The molecule has 0 aromatic heterocycles. The van der Waals surface area contributed by atoms with Crippen LogP contribution in [0, 0.1) is 10.4 Å². The smallest absolute Gasteiger partial charge is 0.0109 e. The van der Waals surface area contributed by atoms with Gasteiger partial charge in [-0.3, -0.25) is 0 Å². The molecule has 0 bridgehead atoms. The summed E-state index contributed by atoms with van der Waals surface area (Å²) < 4.78 is 0. The van der Waals surface area contributed by atoms with E-state index in [0.29, 0.717) is 0 Å². The summed E-state index contributed by atoms with van der Waals surface area (Å²) in [5, 5.41) is 5.39. The van der Waals surface area contributed by atoms with Gasteiger partial charge in [0.2, 0.25) is 0 Å². The molecule has 0 heteroatoms. The van der Waals surface area contributed by atoms with Crippen LogP contribution in [0.5, 0.6) is 0 Å². The molecule has 0 N–H and O–H groups in total. The van der Waals surface area contributed by atoms with Gasteiger partial charge in [0.1, 0.15) is 0 Å². The van der Waals surface area contributed by atoms with Gasteiger partial charge >= 0.3 is 0 Å². The zero-order valence-corrected chi connectivity index (χ0v) is 10.5. The van der Waals surface area contributed by atoms with Crippen LogP contribution in [0.15, 0.2) is 48.5 Å². The van der Waals surface area contributed by atoms with Crippen LogP contribution in [-0.2, 0) is 0 Å². The fraction of sp³-hybridized carbons (Fsp3) is 0.176. The zero-order chi connectivity index (χ0) is 12.1. The van der Waals surface area contributed by atoms with Gasteiger partial charge in [0.15, 0.2) is 0 Å². The summed E-state index contributed by atoms with van der Waals surface area (Å²) in [6.07, 6.45) is 5.60. The van der Waals surface area contributed by atoms with Gasteiger partial charge in [0.25, 0.3) is 0 Å². The molecule has 0 saturated carbocycles. The summed E-state index contributed by atoms with van der Waals surface area (Å²) in [6.45, 7) is 4.00. The maximum absolute atomic E-state index is 2.29. The summed E-state index contributed by atoms with van der Waals surface area (Å²) in [6, 6.07) is 17.2. The van der Waals surface area contributed by atoms with E-state index in [1.54, 1.807) is 0 Å². The lowest BCUT2D eigenvalue weighted by Gasteiger charge is -1.90. The molecule has 2 aromatic carbocycles. The summed E-state index contributed by atoms with van der Waals surface area (Å²) in [4.78, 5) is 0. The Balaban J connectivity index is 0.000000514. The maximum Gasteiger partial charge on any atom is -0.0109 e. The first-order valence-corrected chi connectivity index (χ1v) is 6.30. The lowest BCUT2D eigenvalue weighted by Crippen LogP contribution is -2.05. The van der Waals surface area contributed by atoms with Crippen LogP contribution >= 0.6 is 0 Å². The van der Waals surface area contributed by atoms with Crippen molar-refractivity contribution >= 4 is 12.2 Å². The van der Waals surface area contributed by atoms with Crippen LogP contribution in [0.25, 0.3) is 12.2 Å². The summed E-state index contributed by atoms with van der Waals surface area (Å²) in [5.41, 5.74) is 0. The Kier molecular flexibility index (Phi) is 3.77. The van der Waals surface area contributed by atoms with Crippen LogP contribution in [0.3, 0.4) is 0 Å². The van der Waals surface area contributed by atoms with Crippen molar-refractivity contribution in [2.24, 2.45) is 0 Å². The lowest BCUT2D eigenvalue weighted by atomic mass is 10.1. The van der Waals surface area contributed by atoms with Crippen molar-refractivity contribution in [2.45, 2.75) is 20.3 Å². The summed E-state index contributed by atoms with van der Waals surface area (Å²) in [7, 11) is 0. The molecule has 1 aliphatic carbocycles. The highest BCUT2D eigenvalue weighted by atomic mass is 14.0. The number of benzene rings is 2. The lowest BCUT2D eigenvalue weighted by molar-refractivity contribution is 1.41. The van der Waals surface area contributed by atoms with Gasteiger partial charge in [-0.15, -0.1) is 0 Å². The minimum absolute atomic E-state index is 1.02. The summed E-state index contributed by atoms with van der Waals surface area (Å²) in [5.74, 6) is 0. The fourth-order valence-electron chi connectivity index (χ4n) is 2.15. The largest absolute Gasteiger partial charge is 0.0728 e. The Morgan fingerprint density at radius 2 is 1.06 bits per heavy atom. The van der Waals surface area contributed by atoms with E-state index >= 15 is 0 Å². The van der Waals surface area contributed by atoms with Crippen molar-refractivity contribution in [3.05, 3.63) is 69.4 Å². The van der Waals surface area contributed by atoms with Crippen LogP contribution in [0.2, 0.25) is 0 Å². The highest BCUT2D eigenvalue weighted by molar-refractivity contribution is 5.42. The third-order valence-corrected chi connectivity index (χ3v) is 2.89. The second-order valence-electron chi connectivity index (χ2n) is 3.82. The van der Waals surface area contributed by atoms with Crippen LogP contribution in [0.1, 0.15) is 20.3 Å². The molecule has 86 valence electrons. The number of fused-ring (bicyclic) bond motifs is 2. The zero-order valence-electron chi connectivity index (χ0n) is 10.5. The first kappa shape index (κ1) is 11.7. The first-order chi connectivity index (χ1) is 8.45. The van der Waals surface area contributed by atoms with Crippen molar-refractivity contribution in [2.75, 3.05) is 0 Å². The van der Waals surface area contributed by atoms with E-state index < -0.39 is 0 Å². The fourth-order valence-corrected chi connectivity index (χ4v) is 2.15. The minimum atomic E-state index is 1.02. The van der Waals surface area contributed by atoms with Crippen molar-refractivity contribution < 1.29 is 0 Å². The Morgan fingerprint density at radius 3 is 1.53 bits per heavy atom. The maximum atomic E-state index is 2.29. The molecule has 2 aromatic rings. The molecule has 0 fully saturated rings. The Bertz CT molecular complexity index is 632. The van der Waals surface area contributed by atoms with Crippen LogP contribution < -0.4 is 10.4 Å². The van der Waals surface area contributed by atoms with Crippen molar-refractivity contribution in [3.63, 3.8) is 0 Å². The highest BCUT2D eigenvalue weighted by Gasteiger charge is 1.92. The van der Waals surface area contributed by atoms with Gasteiger partial charge < -0.3 is 0 Å². The van der Waals surface area contributed by atoms with E-state index in [2.05, 4.69) is 60.7 Å². The number of hydrogen-bond acceptors (Lipinski definition) is 0. The van der Waals surface area contributed by atoms with E-state index in [1.165, 1.54) is 20.9 Å². The van der Waals surface area contributed by atoms with E-state index in [-0.39, 0.29) is 0 Å². The molecule has 1 aliphatic rings. The second-order valence-corrected chi connectivity index (χ2v) is 3.82. The predicted molar refractivity (Wildman–Crippen MR) is 74.7 cm³/mol. The van der Waals surface area contributed by atoms with Crippen molar-refractivity contribution in [1.29, 1.82) is 0 Å². The molecule has 17 heavy (non-hydrogen) atoms. The Hall–Kier alpha value is -1.82. The highest BCUT2D eigenvalue weighted by Crippen LogP contribution is 1.95. The molecular formula is C17H18. The molecule has 0 unspecified atom stereocenters. The van der Waals surface area contributed by atoms with Gasteiger partial charge in [0, 0.05) is 0 Å². The monoisotopic (exact) mass is 222 g/mol. The third kappa shape index (κ3) is 2.31.